The van der Waals surface area contributed by atoms with Crippen LogP contribution in [0, 0.1) is 5.82 Å². The Morgan fingerprint density at radius 1 is 1.33 bits per heavy atom. The second-order valence-corrected chi connectivity index (χ2v) is 4.42. The van der Waals surface area contributed by atoms with Gasteiger partial charge in [-0.2, -0.15) is 0 Å². The number of benzene rings is 1. The van der Waals surface area contributed by atoms with Crippen LogP contribution < -0.4 is 9.57 Å². The molecule has 0 bridgehead atoms. The van der Waals surface area contributed by atoms with Crippen LogP contribution in [-0.2, 0) is 4.74 Å². The molecule has 0 spiro atoms. The molecule has 0 saturated heterocycles. The number of nitrogens with zero attached hydrogens (tertiary/aromatic N) is 1. The van der Waals surface area contributed by atoms with Crippen LogP contribution in [-0.4, -0.2) is 35.6 Å². The molecule has 21 heavy (non-hydrogen) atoms. The molecule has 0 aliphatic heterocycles. The first-order valence-electron chi connectivity index (χ1n) is 5.91. The summed E-state index contributed by atoms with van der Waals surface area (Å²) in [6, 6.07) is 2.03. The van der Waals surface area contributed by atoms with Gasteiger partial charge in [-0.3, -0.25) is 0 Å². The lowest BCUT2D eigenvalue weighted by molar-refractivity contribution is -0.0346. The van der Waals surface area contributed by atoms with Crippen molar-refractivity contribution in [1.29, 1.82) is 0 Å². The molecule has 1 amide bonds. The Morgan fingerprint density at radius 3 is 2.52 bits per heavy atom. The predicted molar refractivity (Wildman–Crippen MR) is 72.8 cm³/mol. The van der Waals surface area contributed by atoms with Crippen molar-refractivity contribution in [2.24, 2.45) is 0 Å². The van der Waals surface area contributed by atoms with Crippen LogP contribution in [0.1, 0.15) is 13.8 Å². The molecule has 1 aromatic carbocycles. The monoisotopic (exact) mass is 365 g/mol. The van der Waals surface area contributed by atoms with Crippen molar-refractivity contribution in [3.05, 3.63) is 22.4 Å². The van der Waals surface area contributed by atoms with Gasteiger partial charge in [-0.15, -0.1) is 5.06 Å². The average molecular weight is 366 g/mol. The topological polar surface area (TPSA) is 85.3 Å². The first kappa shape index (κ1) is 17.0. The molecule has 9 heteroatoms. The molecule has 0 aliphatic rings. The quantitative estimate of drug-likeness (QED) is 0.488. The number of ether oxygens (including phenoxy) is 2. The highest BCUT2D eigenvalue weighted by Gasteiger charge is 2.18. The number of hydrogen-bond acceptors (Lipinski definition) is 5. The first-order valence-corrected chi connectivity index (χ1v) is 6.70. The Bertz CT molecular complexity index is 539. The van der Waals surface area contributed by atoms with E-state index in [2.05, 4.69) is 20.7 Å². The Labute approximate surface area is 128 Å². The van der Waals surface area contributed by atoms with Gasteiger partial charge >= 0.3 is 12.2 Å². The molecule has 0 fully saturated rings. The summed E-state index contributed by atoms with van der Waals surface area (Å²) in [5, 5.41) is 9.36. The summed E-state index contributed by atoms with van der Waals surface area (Å²) in [6.45, 7) is 3.21. The van der Waals surface area contributed by atoms with Gasteiger partial charge in [-0.1, -0.05) is 0 Å². The molecule has 0 atom stereocenters. The highest BCUT2D eigenvalue weighted by Crippen LogP contribution is 2.32. The number of hydroxylamine groups is 2. The lowest BCUT2D eigenvalue weighted by Crippen LogP contribution is -2.32. The summed E-state index contributed by atoms with van der Waals surface area (Å²) in [4.78, 5) is 27.0. The highest BCUT2D eigenvalue weighted by molar-refractivity contribution is 9.10. The minimum atomic E-state index is -1.38. The van der Waals surface area contributed by atoms with E-state index in [1.165, 1.54) is 6.92 Å². The summed E-state index contributed by atoms with van der Waals surface area (Å²) in [5.74, 6) is -1.29. The van der Waals surface area contributed by atoms with E-state index in [-0.39, 0.29) is 23.4 Å². The van der Waals surface area contributed by atoms with E-state index in [1.54, 1.807) is 6.92 Å². The maximum absolute atomic E-state index is 13.7. The molecule has 1 rings (SSSR count). The lowest BCUT2D eigenvalue weighted by atomic mass is 10.3. The fourth-order valence-corrected chi connectivity index (χ4v) is 1.65. The van der Waals surface area contributed by atoms with Crippen molar-refractivity contribution >= 4 is 28.2 Å². The predicted octanol–water partition coefficient (Wildman–Crippen LogP) is 3.42. The van der Waals surface area contributed by atoms with Crippen LogP contribution in [0.25, 0.3) is 0 Å². The number of halogens is 2. The Kier molecular flexibility index (Phi) is 6.22. The fraction of sp³-hybridized carbons (Fsp3) is 0.333. The summed E-state index contributed by atoms with van der Waals surface area (Å²) in [5.41, 5.74) is 0. The number of carbonyl (C=O) groups excluding carboxylic acids is 1. The summed E-state index contributed by atoms with van der Waals surface area (Å²) in [7, 11) is 0. The Hall–Kier alpha value is -2.03. The summed E-state index contributed by atoms with van der Waals surface area (Å²) < 4.78 is 23.3. The van der Waals surface area contributed by atoms with Gasteiger partial charge in [0, 0.05) is 6.07 Å². The van der Waals surface area contributed by atoms with E-state index in [1.807, 2.05) is 0 Å². The molecule has 0 radical (unpaired) electrons. The molecule has 0 unspecified atom stereocenters. The number of rotatable bonds is 5. The zero-order valence-corrected chi connectivity index (χ0v) is 12.8. The van der Waals surface area contributed by atoms with E-state index >= 15 is 0 Å². The second kappa shape index (κ2) is 7.67. The zero-order chi connectivity index (χ0) is 16.0. The second-order valence-electron chi connectivity index (χ2n) is 3.57. The maximum Gasteiger partial charge on any atom is 0.513 e. The smallest absolute Gasteiger partial charge is 0.463 e. The number of hydrogen-bond donors (Lipinski definition) is 1. The van der Waals surface area contributed by atoms with Crippen LogP contribution >= 0.6 is 15.9 Å². The molecular weight excluding hydrogens is 353 g/mol. The molecule has 1 N–H and O–H groups in total. The van der Waals surface area contributed by atoms with E-state index in [9.17, 15) is 14.0 Å². The van der Waals surface area contributed by atoms with Gasteiger partial charge < -0.3 is 19.4 Å². The first-order chi connectivity index (χ1) is 9.88. The molecule has 0 saturated carbocycles. The Balaban J connectivity index is 3.00. The van der Waals surface area contributed by atoms with Crippen LogP contribution in [0.5, 0.6) is 11.5 Å². The van der Waals surface area contributed by atoms with Crippen LogP contribution in [0.4, 0.5) is 14.0 Å². The van der Waals surface area contributed by atoms with Crippen molar-refractivity contribution in [3.8, 4) is 11.5 Å². The van der Waals surface area contributed by atoms with Gasteiger partial charge in [0.05, 0.1) is 17.6 Å². The largest absolute Gasteiger partial charge is 0.513 e. The van der Waals surface area contributed by atoms with Crippen molar-refractivity contribution in [2.45, 2.75) is 13.8 Å². The SMILES string of the molecule is CCOC(=O)Oc1cc(ON(CC)C(=O)O)c(F)cc1Br. The van der Waals surface area contributed by atoms with E-state index in [4.69, 9.17) is 14.7 Å². The number of carboxylic acid groups (broad SMARTS) is 1. The number of amides is 1. The molecule has 1 aromatic rings. The van der Waals surface area contributed by atoms with Crippen LogP contribution in [0.3, 0.4) is 0 Å². The van der Waals surface area contributed by atoms with Crippen molar-refractivity contribution in [1.82, 2.24) is 5.06 Å². The summed E-state index contributed by atoms with van der Waals surface area (Å²) in [6.07, 6.45) is -2.35. The van der Waals surface area contributed by atoms with Gasteiger partial charge in [0.1, 0.15) is 0 Å². The standard InChI is InChI=1S/C12H13BrFNO6/c1-3-15(11(16)17)21-10-6-9(7(13)5-8(10)14)20-12(18)19-4-2/h5-6H,3-4H2,1-2H3,(H,16,17). The van der Waals surface area contributed by atoms with Gasteiger partial charge in [-0.05, 0) is 35.8 Å². The number of carbonyl (C=O) groups is 2. The normalized spacial score (nSPS) is 9.90. The fourth-order valence-electron chi connectivity index (χ4n) is 1.25. The van der Waals surface area contributed by atoms with Crippen molar-refractivity contribution in [3.63, 3.8) is 0 Å². The van der Waals surface area contributed by atoms with E-state index < -0.39 is 23.8 Å². The highest BCUT2D eigenvalue weighted by atomic mass is 79.9. The summed E-state index contributed by atoms with van der Waals surface area (Å²) >= 11 is 3.01. The average Bonchev–Trinajstić information content (AvgIpc) is 2.40. The van der Waals surface area contributed by atoms with E-state index in [0.717, 1.165) is 12.1 Å². The minimum Gasteiger partial charge on any atom is -0.463 e. The Morgan fingerprint density at radius 2 is 2.00 bits per heavy atom. The minimum absolute atomic E-state index is 0.0150. The van der Waals surface area contributed by atoms with Crippen LogP contribution in [0.15, 0.2) is 16.6 Å². The molecule has 7 nitrogen and oxygen atoms in total. The third kappa shape index (κ3) is 4.78. The van der Waals surface area contributed by atoms with Gasteiger partial charge in [-0.25, -0.2) is 14.0 Å². The molecule has 116 valence electrons. The van der Waals surface area contributed by atoms with Crippen molar-refractivity contribution in [2.75, 3.05) is 13.2 Å². The third-order valence-corrected chi connectivity index (χ3v) is 2.77. The van der Waals surface area contributed by atoms with Gasteiger partial charge in [0.2, 0.25) is 0 Å². The van der Waals surface area contributed by atoms with Crippen molar-refractivity contribution < 1.29 is 33.4 Å². The molecule has 0 aromatic heterocycles. The van der Waals surface area contributed by atoms with Gasteiger partial charge in [0.25, 0.3) is 0 Å². The molecule has 0 heterocycles. The third-order valence-electron chi connectivity index (χ3n) is 2.15. The molecule has 0 aliphatic carbocycles. The zero-order valence-electron chi connectivity index (χ0n) is 11.3. The maximum atomic E-state index is 13.7. The van der Waals surface area contributed by atoms with Crippen LogP contribution in [0.2, 0.25) is 0 Å². The lowest BCUT2D eigenvalue weighted by Gasteiger charge is -2.18. The van der Waals surface area contributed by atoms with E-state index in [0.29, 0.717) is 5.06 Å². The molecular formula is C12H13BrFNO6. The van der Waals surface area contributed by atoms with Gasteiger partial charge in [0.15, 0.2) is 17.3 Å².